The van der Waals surface area contributed by atoms with Gasteiger partial charge in [-0.1, -0.05) is 44.5 Å². The summed E-state index contributed by atoms with van der Waals surface area (Å²) in [5.74, 6) is -0.388. The molecule has 162 valence electrons. The van der Waals surface area contributed by atoms with E-state index in [1.165, 1.54) is 15.5 Å². The Bertz CT molecular complexity index is 1220. The largest absolute Gasteiger partial charge is 0.383 e. The molecule has 0 radical (unpaired) electrons. The van der Waals surface area contributed by atoms with Crippen LogP contribution in [-0.2, 0) is 11.3 Å². The van der Waals surface area contributed by atoms with Gasteiger partial charge >= 0.3 is 5.69 Å². The summed E-state index contributed by atoms with van der Waals surface area (Å²) in [6.45, 7) is 4.55. The highest BCUT2D eigenvalue weighted by molar-refractivity contribution is 6.06. The lowest BCUT2D eigenvalue weighted by atomic mass is 10.1. The molecular weight excluding hydrogens is 394 g/mol. The summed E-state index contributed by atoms with van der Waals surface area (Å²) < 4.78 is 1.29. The summed E-state index contributed by atoms with van der Waals surface area (Å²) in [5, 5.41) is 0.965. The fraction of sp³-hybridized carbons (Fsp3) is 0.304. The maximum atomic E-state index is 13.1. The average molecular weight is 422 g/mol. The van der Waals surface area contributed by atoms with Gasteiger partial charge in [0.25, 0.3) is 11.5 Å². The first-order valence-electron chi connectivity index (χ1n) is 10.4. The molecule has 2 aromatic heterocycles. The number of fused-ring (bicyclic) bond motifs is 1. The summed E-state index contributed by atoms with van der Waals surface area (Å²) in [6.07, 6.45) is 6.96. The second-order valence-electron chi connectivity index (χ2n) is 7.24. The van der Waals surface area contributed by atoms with Gasteiger partial charge in [-0.25, -0.2) is 4.79 Å². The predicted octanol–water partition coefficient (Wildman–Crippen LogP) is 2.92. The Morgan fingerprint density at radius 1 is 1.19 bits per heavy atom. The Balaban J connectivity index is 2.02. The molecule has 3 aromatic rings. The Labute approximate surface area is 180 Å². The van der Waals surface area contributed by atoms with Crippen LogP contribution >= 0.6 is 0 Å². The molecule has 31 heavy (non-hydrogen) atoms. The number of nitrogens with zero attached hydrogens (tertiary/aromatic N) is 3. The van der Waals surface area contributed by atoms with Crippen LogP contribution in [0.4, 0.5) is 11.5 Å². The zero-order chi connectivity index (χ0) is 22.4. The van der Waals surface area contributed by atoms with Gasteiger partial charge < -0.3 is 10.6 Å². The maximum Gasteiger partial charge on any atom is 0.330 e. The minimum absolute atomic E-state index is 0.000260. The molecule has 0 atom stereocenters. The number of H-pyrrole nitrogens is 1. The number of carbonyl (C=O) groups excluding carboxylic acids is 1. The van der Waals surface area contributed by atoms with E-state index in [1.54, 1.807) is 12.3 Å². The van der Waals surface area contributed by atoms with Gasteiger partial charge in [0.1, 0.15) is 5.82 Å². The number of amides is 1. The van der Waals surface area contributed by atoms with E-state index in [0.717, 1.165) is 22.9 Å². The molecule has 0 fully saturated rings. The van der Waals surface area contributed by atoms with Gasteiger partial charge in [0, 0.05) is 36.3 Å². The van der Waals surface area contributed by atoms with Crippen molar-refractivity contribution in [2.75, 3.05) is 17.2 Å². The average Bonchev–Trinajstić information content (AvgIpc) is 2.77. The molecule has 0 aliphatic heterocycles. The van der Waals surface area contributed by atoms with E-state index in [4.69, 9.17) is 5.73 Å². The van der Waals surface area contributed by atoms with Crippen molar-refractivity contribution in [2.24, 2.45) is 0 Å². The van der Waals surface area contributed by atoms with Crippen molar-refractivity contribution in [3.63, 3.8) is 0 Å². The van der Waals surface area contributed by atoms with Gasteiger partial charge in [-0.2, -0.15) is 0 Å². The molecule has 0 bridgehead atoms. The summed E-state index contributed by atoms with van der Waals surface area (Å²) in [4.78, 5) is 45.9. The fourth-order valence-electron chi connectivity index (χ4n) is 3.45. The maximum absolute atomic E-state index is 13.1. The van der Waals surface area contributed by atoms with Gasteiger partial charge in [0.05, 0.1) is 5.52 Å². The SMILES string of the molecule is CCCCN(C(=O)/C=C/c1cccc2cccnc12)c1c(N)n(CCC)c(=O)[nH]c1=O. The molecule has 0 aliphatic rings. The molecule has 0 unspecified atom stereocenters. The van der Waals surface area contributed by atoms with E-state index in [0.29, 0.717) is 25.9 Å². The lowest BCUT2D eigenvalue weighted by molar-refractivity contribution is -0.114. The highest BCUT2D eigenvalue weighted by Crippen LogP contribution is 2.20. The number of nitrogens with two attached hydrogens (primary N) is 1. The number of nitrogen functional groups attached to an aromatic ring is 1. The topological polar surface area (TPSA) is 114 Å². The highest BCUT2D eigenvalue weighted by Gasteiger charge is 2.22. The molecule has 0 spiro atoms. The molecule has 2 heterocycles. The third-order valence-corrected chi connectivity index (χ3v) is 5.00. The number of aromatic amines is 1. The van der Waals surface area contributed by atoms with Crippen LogP contribution in [0, 0.1) is 0 Å². The lowest BCUT2D eigenvalue weighted by Gasteiger charge is -2.23. The molecule has 8 nitrogen and oxygen atoms in total. The molecule has 0 saturated heterocycles. The van der Waals surface area contributed by atoms with E-state index in [-0.39, 0.29) is 17.4 Å². The standard InChI is InChI=1S/C23H27N5O3/c1-3-5-15-27(20-21(24)28(14-4-2)23(31)26-22(20)30)18(29)12-11-17-9-6-8-16-10-7-13-25-19(16)17/h6-13H,3-5,14-15,24H2,1-2H3,(H,26,30,31)/b12-11+. The van der Waals surface area contributed by atoms with Crippen molar-refractivity contribution in [1.29, 1.82) is 0 Å². The second-order valence-corrected chi connectivity index (χ2v) is 7.24. The van der Waals surface area contributed by atoms with Gasteiger partial charge in [-0.15, -0.1) is 0 Å². The van der Waals surface area contributed by atoms with Crippen LogP contribution in [0.1, 0.15) is 38.7 Å². The van der Waals surface area contributed by atoms with Crippen LogP contribution in [0.25, 0.3) is 17.0 Å². The van der Waals surface area contributed by atoms with Crippen molar-refractivity contribution in [2.45, 2.75) is 39.7 Å². The number of para-hydroxylation sites is 1. The molecule has 3 N–H and O–H groups in total. The first-order valence-corrected chi connectivity index (χ1v) is 10.4. The van der Waals surface area contributed by atoms with Gasteiger partial charge in [0.2, 0.25) is 0 Å². The molecule has 1 aromatic carbocycles. The molecule has 0 aliphatic carbocycles. The number of hydrogen-bond acceptors (Lipinski definition) is 5. The smallest absolute Gasteiger partial charge is 0.330 e. The molecule has 1 amide bonds. The minimum Gasteiger partial charge on any atom is -0.383 e. The van der Waals surface area contributed by atoms with Crippen LogP contribution in [0.2, 0.25) is 0 Å². The number of aromatic nitrogens is 3. The number of anilines is 2. The Morgan fingerprint density at radius 2 is 1.97 bits per heavy atom. The number of pyridine rings is 1. The third-order valence-electron chi connectivity index (χ3n) is 5.00. The minimum atomic E-state index is -0.667. The lowest BCUT2D eigenvalue weighted by Crippen LogP contribution is -2.41. The second kappa shape index (κ2) is 9.88. The van der Waals surface area contributed by atoms with Gasteiger partial charge in [-0.3, -0.25) is 24.1 Å². The summed E-state index contributed by atoms with van der Waals surface area (Å²) in [6, 6.07) is 9.52. The number of unbranched alkanes of at least 4 members (excludes halogenated alkanes) is 1. The van der Waals surface area contributed by atoms with Crippen LogP contribution in [0.5, 0.6) is 0 Å². The quantitative estimate of drug-likeness (QED) is 0.543. The van der Waals surface area contributed by atoms with Crippen LogP contribution in [-0.4, -0.2) is 27.0 Å². The Kier molecular flexibility index (Phi) is 7.02. The predicted molar refractivity (Wildman–Crippen MR) is 124 cm³/mol. The molecule has 8 heteroatoms. The fourth-order valence-corrected chi connectivity index (χ4v) is 3.45. The number of hydrogen-bond donors (Lipinski definition) is 2. The van der Waals surface area contributed by atoms with E-state index < -0.39 is 11.2 Å². The van der Waals surface area contributed by atoms with E-state index in [9.17, 15) is 14.4 Å². The highest BCUT2D eigenvalue weighted by atomic mass is 16.2. The van der Waals surface area contributed by atoms with Crippen molar-refractivity contribution in [3.8, 4) is 0 Å². The number of rotatable bonds is 8. The normalized spacial score (nSPS) is 11.3. The molecule has 0 saturated carbocycles. The Hall–Kier alpha value is -3.68. The zero-order valence-electron chi connectivity index (χ0n) is 17.8. The van der Waals surface area contributed by atoms with Gasteiger partial charge in [-0.05, 0) is 25.0 Å². The number of benzene rings is 1. The van der Waals surface area contributed by atoms with E-state index in [1.807, 2.05) is 44.2 Å². The molecular formula is C23H27N5O3. The van der Waals surface area contributed by atoms with Crippen molar-refractivity contribution < 1.29 is 4.79 Å². The van der Waals surface area contributed by atoms with Crippen LogP contribution < -0.4 is 21.9 Å². The van der Waals surface area contributed by atoms with Crippen molar-refractivity contribution in [1.82, 2.24) is 14.5 Å². The monoisotopic (exact) mass is 421 g/mol. The number of carbonyl (C=O) groups is 1. The third kappa shape index (κ3) is 4.74. The van der Waals surface area contributed by atoms with Gasteiger partial charge in [0.15, 0.2) is 5.69 Å². The first-order chi connectivity index (χ1) is 15.0. The first kappa shape index (κ1) is 22.0. The number of nitrogens with one attached hydrogen (secondary N) is 1. The summed E-state index contributed by atoms with van der Waals surface area (Å²) in [7, 11) is 0. The van der Waals surface area contributed by atoms with Crippen LogP contribution in [0.15, 0.2) is 52.2 Å². The van der Waals surface area contributed by atoms with Crippen molar-refractivity contribution >= 4 is 34.4 Å². The van der Waals surface area contributed by atoms with Crippen molar-refractivity contribution in [3.05, 3.63) is 69.0 Å². The van der Waals surface area contributed by atoms with Crippen LogP contribution in [0.3, 0.4) is 0 Å². The Morgan fingerprint density at radius 3 is 2.71 bits per heavy atom. The summed E-state index contributed by atoms with van der Waals surface area (Å²) >= 11 is 0. The van der Waals surface area contributed by atoms with E-state index in [2.05, 4.69) is 9.97 Å². The zero-order valence-corrected chi connectivity index (χ0v) is 17.8. The molecule has 3 rings (SSSR count). The summed E-state index contributed by atoms with van der Waals surface area (Å²) in [5.41, 5.74) is 6.51. The van der Waals surface area contributed by atoms with E-state index >= 15 is 0 Å².